The van der Waals surface area contributed by atoms with Crippen molar-refractivity contribution in [3.8, 4) is 0 Å². The maximum atomic E-state index is 12.0. The average Bonchev–Trinajstić information content (AvgIpc) is 2.65. The number of likely N-dealkylation sites (tertiary alicyclic amines) is 1. The van der Waals surface area contributed by atoms with Gasteiger partial charge >= 0.3 is 0 Å². The molecule has 0 N–H and O–H groups in total. The van der Waals surface area contributed by atoms with Crippen molar-refractivity contribution in [2.24, 2.45) is 5.41 Å². The van der Waals surface area contributed by atoms with Crippen LogP contribution in [0.25, 0.3) is 0 Å². The summed E-state index contributed by atoms with van der Waals surface area (Å²) in [5.74, 6) is 0. The molecule has 0 atom stereocenters. The van der Waals surface area contributed by atoms with Crippen LogP contribution in [0.2, 0.25) is 0 Å². The maximum absolute atomic E-state index is 12.0. The van der Waals surface area contributed by atoms with Crippen LogP contribution in [0.1, 0.15) is 24.0 Å². The summed E-state index contributed by atoms with van der Waals surface area (Å²) in [6.07, 6.45) is 4.24. The van der Waals surface area contributed by atoms with Crippen molar-refractivity contribution in [2.45, 2.75) is 25.8 Å². The van der Waals surface area contributed by atoms with Gasteiger partial charge in [-0.3, -0.25) is 4.90 Å². The lowest BCUT2D eigenvalue weighted by Crippen LogP contribution is -2.47. The number of hydrogen-bond acceptors (Lipinski definition) is 3. The lowest BCUT2D eigenvalue weighted by atomic mass is 9.73. The number of benzene rings is 2. The molecule has 4 nitrogen and oxygen atoms in total. The molecule has 2 aromatic rings. The molecule has 1 heterocycles. The van der Waals surface area contributed by atoms with E-state index in [1.54, 1.807) is 7.05 Å². The molecule has 1 fully saturated rings. The van der Waals surface area contributed by atoms with E-state index in [1.807, 2.05) is 12.1 Å². The molecule has 0 spiro atoms. The van der Waals surface area contributed by atoms with Crippen LogP contribution in [0.5, 0.6) is 0 Å². The van der Waals surface area contributed by atoms with Gasteiger partial charge in [-0.1, -0.05) is 60.7 Å². The Bertz CT molecular complexity index is 814. The molecule has 1 aliphatic rings. The van der Waals surface area contributed by atoms with E-state index in [4.69, 9.17) is 0 Å². The van der Waals surface area contributed by atoms with Crippen LogP contribution in [-0.4, -0.2) is 50.6 Å². The van der Waals surface area contributed by atoms with Crippen LogP contribution in [-0.2, 0) is 23.0 Å². The standard InChI is InChI=1S/C22H30N2O2S/c1-23(27(2,25)26)19-22(17-20-9-5-3-6-10-20)13-15-24(16-14-22)18-21-11-7-4-8-12-21/h3-12H,13-19H2,1-2H3. The van der Waals surface area contributed by atoms with Gasteiger partial charge in [0, 0.05) is 20.1 Å². The number of nitrogens with zero attached hydrogens (tertiary/aromatic N) is 2. The normalized spacial score (nSPS) is 17.9. The SMILES string of the molecule is CN(CC1(Cc2ccccc2)CCN(Cc2ccccc2)CC1)S(C)(=O)=O. The zero-order chi connectivity index (χ0) is 19.3. The smallest absolute Gasteiger partial charge is 0.210 e. The summed E-state index contributed by atoms with van der Waals surface area (Å²) >= 11 is 0. The topological polar surface area (TPSA) is 40.6 Å². The summed E-state index contributed by atoms with van der Waals surface area (Å²) in [7, 11) is -1.47. The molecule has 2 aromatic carbocycles. The summed E-state index contributed by atoms with van der Waals surface area (Å²) in [5, 5.41) is 0. The Kier molecular flexibility index (Phi) is 6.35. The van der Waals surface area contributed by atoms with Gasteiger partial charge in [-0.25, -0.2) is 12.7 Å². The second kappa shape index (κ2) is 8.55. The molecular weight excluding hydrogens is 356 g/mol. The Morgan fingerprint density at radius 2 is 1.44 bits per heavy atom. The van der Waals surface area contributed by atoms with Crippen molar-refractivity contribution < 1.29 is 8.42 Å². The lowest BCUT2D eigenvalue weighted by molar-refractivity contribution is 0.0838. The first-order valence-corrected chi connectivity index (χ1v) is 11.4. The number of piperidine rings is 1. The molecule has 0 saturated carbocycles. The minimum atomic E-state index is -3.17. The molecule has 0 aliphatic carbocycles. The third-order valence-corrected chi connectivity index (χ3v) is 6.97. The van der Waals surface area contributed by atoms with Gasteiger partial charge in [0.2, 0.25) is 10.0 Å². The van der Waals surface area contributed by atoms with Crippen molar-refractivity contribution in [1.29, 1.82) is 0 Å². The second-order valence-corrected chi connectivity index (χ2v) is 10.0. The molecule has 3 rings (SSSR count). The third kappa shape index (κ3) is 5.64. The third-order valence-electron chi connectivity index (χ3n) is 5.71. The average molecular weight is 387 g/mol. The van der Waals surface area contributed by atoms with Gasteiger partial charge in [-0.15, -0.1) is 0 Å². The zero-order valence-corrected chi connectivity index (χ0v) is 17.2. The van der Waals surface area contributed by atoms with Gasteiger partial charge in [-0.2, -0.15) is 0 Å². The van der Waals surface area contributed by atoms with Gasteiger partial charge in [0.15, 0.2) is 0 Å². The Labute approximate surface area is 163 Å². The van der Waals surface area contributed by atoms with Crippen molar-refractivity contribution in [3.63, 3.8) is 0 Å². The van der Waals surface area contributed by atoms with Crippen LogP contribution < -0.4 is 0 Å². The largest absolute Gasteiger partial charge is 0.299 e. The summed E-state index contributed by atoms with van der Waals surface area (Å²) in [6.45, 7) is 3.54. The van der Waals surface area contributed by atoms with Crippen LogP contribution in [0, 0.1) is 5.41 Å². The molecule has 1 aliphatic heterocycles. The van der Waals surface area contributed by atoms with Gasteiger partial charge in [0.05, 0.1) is 6.26 Å². The first kappa shape index (κ1) is 20.1. The van der Waals surface area contributed by atoms with E-state index in [-0.39, 0.29) is 5.41 Å². The molecular formula is C22H30N2O2S. The predicted octanol–water partition coefficient (Wildman–Crippen LogP) is 3.40. The molecule has 0 radical (unpaired) electrons. The molecule has 5 heteroatoms. The molecule has 1 saturated heterocycles. The van der Waals surface area contributed by atoms with E-state index in [9.17, 15) is 8.42 Å². The first-order valence-electron chi connectivity index (χ1n) is 9.58. The Hall–Kier alpha value is -1.69. The quantitative estimate of drug-likeness (QED) is 0.732. The van der Waals surface area contributed by atoms with E-state index in [0.29, 0.717) is 6.54 Å². The van der Waals surface area contributed by atoms with Crippen LogP contribution >= 0.6 is 0 Å². The lowest BCUT2D eigenvalue weighted by Gasteiger charge is -2.43. The summed E-state index contributed by atoms with van der Waals surface area (Å²) in [4.78, 5) is 2.49. The Balaban J connectivity index is 1.71. The van der Waals surface area contributed by atoms with E-state index in [2.05, 4.69) is 53.4 Å². The predicted molar refractivity (Wildman–Crippen MR) is 111 cm³/mol. The highest BCUT2D eigenvalue weighted by Crippen LogP contribution is 2.37. The maximum Gasteiger partial charge on any atom is 0.210 e. The summed E-state index contributed by atoms with van der Waals surface area (Å²) in [5.41, 5.74) is 2.61. The molecule has 0 aromatic heterocycles. The van der Waals surface area contributed by atoms with E-state index < -0.39 is 10.0 Å². The summed E-state index contributed by atoms with van der Waals surface area (Å²) in [6, 6.07) is 21.0. The zero-order valence-electron chi connectivity index (χ0n) is 16.3. The highest BCUT2D eigenvalue weighted by Gasteiger charge is 2.37. The van der Waals surface area contributed by atoms with E-state index in [0.717, 1.165) is 38.9 Å². The first-order chi connectivity index (χ1) is 12.9. The minimum Gasteiger partial charge on any atom is -0.299 e. The van der Waals surface area contributed by atoms with Crippen LogP contribution in [0.3, 0.4) is 0 Å². The van der Waals surface area contributed by atoms with Crippen molar-refractivity contribution in [2.75, 3.05) is 32.9 Å². The Morgan fingerprint density at radius 3 is 1.96 bits per heavy atom. The molecule has 27 heavy (non-hydrogen) atoms. The molecule has 146 valence electrons. The van der Waals surface area contributed by atoms with Gasteiger partial charge in [0.1, 0.15) is 0 Å². The summed E-state index contributed by atoms with van der Waals surface area (Å²) < 4.78 is 25.6. The number of sulfonamides is 1. The molecule has 0 bridgehead atoms. The van der Waals surface area contributed by atoms with Gasteiger partial charge < -0.3 is 0 Å². The fraction of sp³-hybridized carbons (Fsp3) is 0.455. The monoisotopic (exact) mass is 386 g/mol. The van der Waals surface area contributed by atoms with Crippen molar-refractivity contribution in [1.82, 2.24) is 9.21 Å². The second-order valence-electron chi connectivity index (χ2n) is 7.94. The molecule has 0 unspecified atom stereocenters. The van der Waals surface area contributed by atoms with Crippen LogP contribution in [0.4, 0.5) is 0 Å². The fourth-order valence-electron chi connectivity index (χ4n) is 4.04. The van der Waals surface area contributed by atoms with E-state index >= 15 is 0 Å². The fourth-order valence-corrected chi connectivity index (χ4v) is 4.54. The van der Waals surface area contributed by atoms with Gasteiger partial charge in [0.25, 0.3) is 0 Å². The highest BCUT2D eigenvalue weighted by molar-refractivity contribution is 7.88. The number of hydrogen-bond donors (Lipinski definition) is 0. The highest BCUT2D eigenvalue weighted by atomic mass is 32.2. The van der Waals surface area contributed by atoms with Gasteiger partial charge in [-0.05, 0) is 48.9 Å². The number of rotatable bonds is 7. The van der Waals surface area contributed by atoms with E-state index in [1.165, 1.54) is 21.7 Å². The minimum absolute atomic E-state index is 0.00757. The van der Waals surface area contributed by atoms with Crippen molar-refractivity contribution >= 4 is 10.0 Å². The van der Waals surface area contributed by atoms with Crippen molar-refractivity contribution in [3.05, 3.63) is 71.8 Å². The Morgan fingerprint density at radius 1 is 0.926 bits per heavy atom. The molecule has 0 amide bonds. The van der Waals surface area contributed by atoms with Crippen LogP contribution in [0.15, 0.2) is 60.7 Å².